The maximum Gasteiger partial charge on any atom is 0.325 e. The van der Waals surface area contributed by atoms with Crippen molar-refractivity contribution in [1.82, 2.24) is 15.0 Å². The van der Waals surface area contributed by atoms with E-state index in [1.165, 1.54) is 10.9 Å². The molecule has 1 rings (SSSR count). The molecule has 6 heteroatoms. The van der Waals surface area contributed by atoms with E-state index in [2.05, 4.69) is 10.3 Å². The Bertz CT molecular complexity index is 281. The van der Waals surface area contributed by atoms with Crippen molar-refractivity contribution in [3.63, 3.8) is 0 Å². The van der Waals surface area contributed by atoms with Gasteiger partial charge < -0.3 is 10.8 Å². The molecule has 0 aromatic carbocycles. The number of carboxylic acids is 1. The number of rotatable bonds is 3. The molecule has 0 aliphatic heterocycles. The SMILES string of the molecule is C[C@@H](N)c1cn(CC(=O)O)nn1. The number of nitrogens with zero attached hydrogens (tertiary/aromatic N) is 3. The van der Waals surface area contributed by atoms with E-state index in [4.69, 9.17) is 10.8 Å². The predicted octanol–water partition coefficient (Wildman–Crippen LogP) is -0.618. The smallest absolute Gasteiger partial charge is 0.325 e. The highest BCUT2D eigenvalue weighted by molar-refractivity contribution is 5.66. The van der Waals surface area contributed by atoms with Gasteiger partial charge in [-0.3, -0.25) is 4.79 Å². The zero-order valence-corrected chi connectivity index (χ0v) is 6.64. The summed E-state index contributed by atoms with van der Waals surface area (Å²) in [6, 6.07) is -0.215. The van der Waals surface area contributed by atoms with Crippen LogP contribution in [0.15, 0.2) is 6.20 Å². The Balaban J connectivity index is 2.70. The van der Waals surface area contributed by atoms with Gasteiger partial charge in [-0.2, -0.15) is 0 Å². The Morgan fingerprint density at radius 3 is 3.00 bits per heavy atom. The maximum atomic E-state index is 10.2. The van der Waals surface area contributed by atoms with Gasteiger partial charge in [0.2, 0.25) is 0 Å². The Kier molecular flexibility index (Phi) is 2.39. The molecule has 6 nitrogen and oxygen atoms in total. The van der Waals surface area contributed by atoms with E-state index >= 15 is 0 Å². The fourth-order valence-corrected chi connectivity index (χ4v) is 0.738. The molecule has 3 N–H and O–H groups in total. The van der Waals surface area contributed by atoms with Crippen LogP contribution in [0.25, 0.3) is 0 Å². The second-order valence-electron chi connectivity index (χ2n) is 2.52. The summed E-state index contributed by atoms with van der Waals surface area (Å²) >= 11 is 0. The Labute approximate surface area is 69.0 Å². The first kappa shape index (κ1) is 8.66. The minimum Gasteiger partial charge on any atom is -0.480 e. The van der Waals surface area contributed by atoms with E-state index in [9.17, 15) is 4.79 Å². The summed E-state index contributed by atoms with van der Waals surface area (Å²) in [7, 11) is 0. The van der Waals surface area contributed by atoms with E-state index in [-0.39, 0.29) is 12.6 Å². The van der Waals surface area contributed by atoms with Crippen LogP contribution in [-0.2, 0) is 11.3 Å². The van der Waals surface area contributed by atoms with E-state index in [0.717, 1.165) is 0 Å². The Morgan fingerprint density at radius 1 is 1.92 bits per heavy atom. The highest BCUT2D eigenvalue weighted by Crippen LogP contribution is 2.02. The summed E-state index contributed by atoms with van der Waals surface area (Å²) in [5.74, 6) is -0.948. The average molecular weight is 170 g/mol. The third kappa shape index (κ3) is 2.03. The summed E-state index contributed by atoms with van der Waals surface area (Å²) in [6.07, 6.45) is 1.53. The molecule has 1 heterocycles. The predicted molar refractivity (Wildman–Crippen MR) is 40.3 cm³/mol. The van der Waals surface area contributed by atoms with Gasteiger partial charge >= 0.3 is 5.97 Å². The summed E-state index contributed by atoms with van der Waals surface area (Å²) in [6.45, 7) is 1.58. The summed E-state index contributed by atoms with van der Waals surface area (Å²) < 4.78 is 1.24. The number of aliphatic carboxylic acids is 1. The highest BCUT2D eigenvalue weighted by atomic mass is 16.4. The molecule has 0 unspecified atom stereocenters. The molecule has 1 atom stereocenters. The molecule has 0 radical (unpaired) electrons. The molecule has 0 amide bonds. The van der Waals surface area contributed by atoms with Crippen molar-refractivity contribution in [3.05, 3.63) is 11.9 Å². The molecule has 0 fully saturated rings. The fourth-order valence-electron chi connectivity index (χ4n) is 0.738. The summed E-state index contributed by atoms with van der Waals surface area (Å²) in [5.41, 5.74) is 6.09. The molecule has 0 bridgehead atoms. The van der Waals surface area contributed by atoms with Gasteiger partial charge in [0, 0.05) is 6.04 Å². The van der Waals surface area contributed by atoms with Crippen molar-refractivity contribution < 1.29 is 9.90 Å². The van der Waals surface area contributed by atoms with Gasteiger partial charge in [-0.1, -0.05) is 5.21 Å². The molecule has 1 aromatic heterocycles. The third-order valence-electron chi connectivity index (χ3n) is 1.32. The van der Waals surface area contributed by atoms with Crippen LogP contribution in [0.2, 0.25) is 0 Å². The summed E-state index contributed by atoms with van der Waals surface area (Å²) in [4.78, 5) is 10.2. The van der Waals surface area contributed by atoms with Crippen molar-refractivity contribution in [2.75, 3.05) is 0 Å². The normalized spacial score (nSPS) is 12.8. The Hall–Kier alpha value is -1.43. The number of hydrogen-bond donors (Lipinski definition) is 2. The van der Waals surface area contributed by atoms with Crippen LogP contribution >= 0.6 is 0 Å². The van der Waals surface area contributed by atoms with Gasteiger partial charge in [0.1, 0.15) is 6.54 Å². The molecule has 0 saturated heterocycles. The van der Waals surface area contributed by atoms with Crippen LogP contribution in [0, 0.1) is 0 Å². The molecule has 66 valence electrons. The lowest BCUT2D eigenvalue weighted by atomic mass is 10.3. The first-order valence-corrected chi connectivity index (χ1v) is 3.47. The second kappa shape index (κ2) is 3.31. The quantitative estimate of drug-likeness (QED) is 0.630. The lowest BCUT2D eigenvalue weighted by molar-refractivity contribution is -0.137. The first-order chi connectivity index (χ1) is 5.59. The monoisotopic (exact) mass is 170 g/mol. The lowest BCUT2D eigenvalue weighted by Gasteiger charge is -1.95. The molecule has 0 spiro atoms. The number of aromatic nitrogens is 3. The molecular weight excluding hydrogens is 160 g/mol. The standard InChI is InChI=1S/C6H10N4O2/c1-4(7)5-2-10(9-8-5)3-6(11)12/h2,4H,3,7H2,1H3,(H,11,12)/t4-/m1/s1. The summed E-state index contributed by atoms with van der Waals surface area (Å²) in [5, 5.41) is 15.7. The highest BCUT2D eigenvalue weighted by Gasteiger charge is 2.06. The van der Waals surface area contributed by atoms with Gasteiger partial charge in [0.15, 0.2) is 0 Å². The largest absolute Gasteiger partial charge is 0.480 e. The van der Waals surface area contributed by atoms with Crippen molar-refractivity contribution in [1.29, 1.82) is 0 Å². The zero-order chi connectivity index (χ0) is 9.14. The molecule has 0 aliphatic rings. The number of hydrogen-bond acceptors (Lipinski definition) is 4. The topological polar surface area (TPSA) is 94.0 Å². The van der Waals surface area contributed by atoms with Gasteiger partial charge in [-0.15, -0.1) is 5.10 Å². The van der Waals surface area contributed by atoms with Crippen molar-refractivity contribution in [2.24, 2.45) is 5.73 Å². The zero-order valence-electron chi connectivity index (χ0n) is 6.64. The van der Waals surface area contributed by atoms with Crippen LogP contribution in [0.1, 0.15) is 18.7 Å². The van der Waals surface area contributed by atoms with Gasteiger partial charge in [-0.25, -0.2) is 4.68 Å². The van der Waals surface area contributed by atoms with E-state index in [0.29, 0.717) is 5.69 Å². The van der Waals surface area contributed by atoms with Crippen LogP contribution in [-0.4, -0.2) is 26.1 Å². The minimum atomic E-state index is -0.948. The number of carboxylic acid groups (broad SMARTS) is 1. The number of carbonyl (C=O) groups is 1. The van der Waals surface area contributed by atoms with E-state index in [1.54, 1.807) is 6.92 Å². The molecule has 1 aromatic rings. The van der Waals surface area contributed by atoms with Crippen molar-refractivity contribution in [2.45, 2.75) is 19.5 Å². The van der Waals surface area contributed by atoms with E-state index in [1.807, 2.05) is 0 Å². The fraction of sp³-hybridized carbons (Fsp3) is 0.500. The van der Waals surface area contributed by atoms with Gasteiger partial charge in [-0.05, 0) is 6.92 Å². The third-order valence-corrected chi connectivity index (χ3v) is 1.32. The lowest BCUT2D eigenvalue weighted by Crippen LogP contribution is -2.09. The van der Waals surface area contributed by atoms with Crippen molar-refractivity contribution in [3.8, 4) is 0 Å². The first-order valence-electron chi connectivity index (χ1n) is 3.47. The molecule has 0 saturated carbocycles. The van der Waals surface area contributed by atoms with Crippen LogP contribution in [0.4, 0.5) is 0 Å². The van der Waals surface area contributed by atoms with Crippen LogP contribution in [0.5, 0.6) is 0 Å². The molecule has 12 heavy (non-hydrogen) atoms. The average Bonchev–Trinajstić information content (AvgIpc) is 2.34. The van der Waals surface area contributed by atoms with Gasteiger partial charge in [0.05, 0.1) is 11.9 Å². The van der Waals surface area contributed by atoms with Gasteiger partial charge in [0.25, 0.3) is 0 Å². The van der Waals surface area contributed by atoms with E-state index < -0.39 is 5.97 Å². The second-order valence-corrected chi connectivity index (χ2v) is 2.52. The maximum absolute atomic E-state index is 10.2. The molecular formula is C6H10N4O2. The molecule has 0 aliphatic carbocycles. The number of nitrogens with two attached hydrogens (primary N) is 1. The minimum absolute atomic E-state index is 0.181. The Morgan fingerprint density at radius 2 is 2.58 bits per heavy atom. The van der Waals surface area contributed by atoms with Crippen LogP contribution < -0.4 is 5.73 Å². The van der Waals surface area contributed by atoms with Crippen LogP contribution in [0.3, 0.4) is 0 Å². The van der Waals surface area contributed by atoms with Crippen molar-refractivity contribution >= 4 is 5.97 Å².